The van der Waals surface area contributed by atoms with Gasteiger partial charge in [-0.15, -0.1) is 0 Å². The number of nitrogens with zero attached hydrogens (tertiary/aromatic N) is 1. The molecule has 0 spiro atoms. The second-order valence-electron chi connectivity index (χ2n) is 2.95. The molecular weight excluding hydrogens is 218 g/mol. The lowest BCUT2D eigenvalue weighted by Gasteiger charge is -2.06. The van der Waals surface area contributed by atoms with Gasteiger partial charge in [0.25, 0.3) is 5.56 Å². The molecule has 0 saturated heterocycles. The van der Waals surface area contributed by atoms with E-state index in [1.54, 1.807) is 6.92 Å². The quantitative estimate of drug-likeness (QED) is 0.686. The fraction of sp³-hybridized carbons (Fsp3) is 0.500. The SMILES string of the molecule is CCS(=O)CCn1c(N)cc(=O)[nH]c1=O. The van der Waals surface area contributed by atoms with Crippen LogP contribution < -0.4 is 17.0 Å². The molecule has 1 rings (SSSR count). The molecule has 7 heteroatoms. The molecule has 0 aliphatic rings. The number of nitrogens with two attached hydrogens (primary N) is 1. The van der Waals surface area contributed by atoms with Crippen LogP contribution >= 0.6 is 0 Å². The number of aromatic nitrogens is 2. The van der Waals surface area contributed by atoms with Crippen molar-refractivity contribution in [3.05, 3.63) is 26.9 Å². The molecule has 1 heterocycles. The summed E-state index contributed by atoms with van der Waals surface area (Å²) in [4.78, 5) is 24.2. The van der Waals surface area contributed by atoms with Crippen molar-refractivity contribution in [3.8, 4) is 0 Å². The average molecular weight is 231 g/mol. The van der Waals surface area contributed by atoms with E-state index in [9.17, 15) is 13.8 Å². The molecule has 0 aliphatic heterocycles. The van der Waals surface area contributed by atoms with E-state index in [0.29, 0.717) is 11.5 Å². The van der Waals surface area contributed by atoms with Crippen molar-refractivity contribution >= 4 is 16.6 Å². The van der Waals surface area contributed by atoms with Crippen LogP contribution in [0.4, 0.5) is 5.82 Å². The molecule has 0 amide bonds. The molecule has 0 saturated carbocycles. The van der Waals surface area contributed by atoms with Crippen LogP contribution in [0.3, 0.4) is 0 Å². The zero-order chi connectivity index (χ0) is 11.4. The molecule has 84 valence electrons. The molecule has 6 nitrogen and oxygen atoms in total. The van der Waals surface area contributed by atoms with Gasteiger partial charge in [0.1, 0.15) is 5.82 Å². The van der Waals surface area contributed by atoms with E-state index >= 15 is 0 Å². The second-order valence-corrected chi connectivity index (χ2v) is 4.81. The van der Waals surface area contributed by atoms with Crippen LogP contribution in [-0.2, 0) is 17.3 Å². The van der Waals surface area contributed by atoms with Crippen LogP contribution in [-0.4, -0.2) is 25.3 Å². The number of rotatable bonds is 4. The fourth-order valence-electron chi connectivity index (χ4n) is 1.11. The molecule has 0 fully saturated rings. The maximum atomic E-state index is 11.3. The molecule has 1 atom stereocenters. The number of H-pyrrole nitrogens is 1. The van der Waals surface area contributed by atoms with Crippen molar-refractivity contribution in [2.45, 2.75) is 13.5 Å². The number of hydrogen-bond donors (Lipinski definition) is 2. The number of nitrogens with one attached hydrogen (secondary N) is 1. The molecule has 0 aliphatic carbocycles. The second kappa shape index (κ2) is 4.92. The Morgan fingerprint density at radius 1 is 1.53 bits per heavy atom. The van der Waals surface area contributed by atoms with E-state index in [-0.39, 0.29) is 12.4 Å². The van der Waals surface area contributed by atoms with Crippen LogP contribution in [0.2, 0.25) is 0 Å². The van der Waals surface area contributed by atoms with Gasteiger partial charge in [-0.3, -0.25) is 18.6 Å². The van der Waals surface area contributed by atoms with Gasteiger partial charge < -0.3 is 5.73 Å². The van der Waals surface area contributed by atoms with Gasteiger partial charge in [-0.1, -0.05) is 6.92 Å². The summed E-state index contributed by atoms with van der Waals surface area (Å²) in [7, 11) is -0.957. The highest BCUT2D eigenvalue weighted by atomic mass is 32.2. The summed E-state index contributed by atoms with van der Waals surface area (Å²) in [6.07, 6.45) is 0. The monoisotopic (exact) mass is 231 g/mol. The van der Waals surface area contributed by atoms with Crippen molar-refractivity contribution < 1.29 is 4.21 Å². The molecule has 0 aromatic carbocycles. The van der Waals surface area contributed by atoms with Gasteiger partial charge in [0.2, 0.25) is 0 Å². The first-order chi connectivity index (χ1) is 7.04. The lowest BCUT2D eigenvalue weighted by Crippen LogP contribution is -2.32. The minimum absolute atomic E-state index is 0.0943. The van der Waals surface area contributed by atoms with Crippen molar-refractivity contribution in [2.24, 2.45) is 0 Å². The highest BCUT2D eigenvalue weighted by Gasteiger charge is 2.04. The Kier molecular flexibility index (Phi) is 3.84. The van der Waals surface area contributed by atoms with Crippen LogP contribution in [0.15, 0.2) is 15.7 Å². The van der Waals surface area contributed by atoms with Crippen molar-refractivity contribution in [3.63, 3.8) is 0 Å². The first kappa shape index (κ1) is 11.7. The van der Waals surface area contributed by atoms with Crippen LogP contribution in [0, 0.1) is 0 Å². The standard InChI is InChI=1S/C8H13N3O3S/c1-2-15(14)4-3-11-6(9)5-7(12)10-8(11)13/h5H,2-4,9H2,1H3,(H,10,12,13). The first-order valence-electron chi connectivity index (χ1n) is 4.49. The summed E-state index contributed by atoms with van der Waals surface area (Å²) in [6.45, 7) is 2.05. The summed E-state index contributed by atoms with van der Waals surface area (Å²) in [6, 6.07) is 1.14. The molecule has 1 aromatic heterocycles. The summed E-state index contributed by atoms with van der Waals surface area (Å²) < 4.78 is 12.4. The first-order valence-corrected chi connectivity index (χ1v) is 5.98. The Morgan fingerprint density at radius 2 is 2.20 bits per heavy atom. The molecule has 1 unspecified atom stereocenters. The highest BCUT2D eigenvalue weighted by Crippen LogP contribution is 1.93. The van der Waals surface area contributed by atoms with E-state index in [1.807, 2.05) is 0 Å². The Hall–Kier alpha value is -1.37. The van der Waals surface area contributed by atoms with E-state index < -0.39 is 22.0 Å². The smallest absolute Gasteiger partial charge is 0.329 e. The summed E-state index contributed by atoms with van der Waals surface area (Å²) in [5.74, 6) is 0.988. The molecule has 0 radical (unpaired) electrons. The topological polar surface area (TPSA) is 97.9 Å². The van der Waals surface area contributed by atoms with Gasteiger partial charge in [-0.05, 0) is 0 Å². The fourth-order valence-corrected chi connectivity index (χ4v) is 1.78. The third kappa shape index (κ3) is 3.05. The number of nitrogen functional groups attached to an aromatic ring is 1. The van der Waals surface area contributed by atoms with Crippen molar-refractivity contribution in [2.75, 3.05) is 17.2 Å². The lowest BCUT2D eigenvalue weighted by atomic mass is 10.5. The predicted octanol–water partition coefficient (Wildman–Crippen LogP) is -1.11. The third-order valence-electron chi connectivity index (χ3n) is 1.93. The Morgan fingerprint density at radius 3 is 2.73 bits per heavy atom. The van der Waals surface area contributed by atoms with E-state index in [1.165, 1.54) is 4.57 Å². The normalized spacial score (nSPS) is 12.6. The van der Waals surface area contributed by atoms with E-state index in [4.69, 9.17) is 5.73 Å². The van der Waals surface area contributed by atoms with E-state index in [0.717, 1.165) is 6.07 Å². The third-order valence-corrected chi connectivity index (χ3v) is 3.21. The zero-order valence-corrected chi connectivity index (χ0v) is 9.17. The Labute approximate surface area is 88.6 Å². The van der Waals surface area contributed by atoms with Gasteiger partial charge in [-0.2, -0.15) is 0 Å². The Bertz CT molecular complexity index is 477. The maximum Gasteiger partial charge on any atom is 0.329 e. The van der Waals surface area contributed by atoms with Crippen molar-refractivity contribution in [1.82, 2.24) is 9.55 Å². The maximum absolute atomic E-state index is 11.3. The van der Waals surface area contributed by atoms with Crippen molar-refractivity contribution in [1.29, 1.82) is 0 Å². The van der Waals surface area contributed by atoms with Crippen LogP contribution in [0.5, 0.6) is 0 Å². The number of hydrogen-bond acceptors (Lipinski definition) is 4. The minimum Gasteiger partial charge on any atom is -0.385 e. The Balaban J connectivity index is 2.91. The summed E-state index contributed by atoms with van der Waals surface area (Å²) in [5, 5.41) is 0. The molecule has 1 aromatic rings. The zero-order valence-electron chi connectivity index (χ0n) is 8.36. The number of anilines is 1. The molecule has 3 N–H and O–H groups in total. The van der Waals surface area contributed by atoms with Crippen LogP contribution in [0.1, 0.15) is 6.92 Å². The minimum atomic E-state index is -0.957. The molecule has 0 bridgehead atoms. The average Bonchev–Trinajstić information content (AvgIpc) is 2.15. The van der Waals surface area contributed by atoms with Gasteiger partial charge in [0.15, 0.2) is 0 Å². The summed E-state index contributed by atoms with van der Waals surface area (Å²) >= 11 is 0. The van der Waals surface area contributed by atoms with Crippen LogP contribution in [0.25, 0.3) is 0 Å². The van der Waals surface area contributed by atoms with Gasteiger partial charge in [0, 0.05) is 34.9 Å². The molecule has 15 heavy (non-hydrogen) atoms. The largest absolute Gasteiger partial charge is 0.385 e. The number of aromatic amines is 1. The van der Waals surface area contributed by atoms with Gasteiger partial charge >= 0.3 is 5.69 Å². The van der Waals surface area contributed by atoms with Gasteiger partial charge in [0.05, 0.1) is 0 Å². The highest BCUT2D eigenvalue weighted by molar-refractivity contribution is 7.84. The summed E-state index contributed by atoms with van der Waals surface area (Å²) in [5.41, 5.74) is 4.41. The lowest BCUT2D eigenvalue weighted by molar-refractivity contribution is 0.666. The molecular formula is C8H13N3O3S. The van der Waals surface area contributed by atoms with E-state index in [2.05, 4.69) is 4.98 Å². The van der Waals surface area contributed by atoms with Gasteiger partial charge in [-0.25, -0.2) is 4.79 Å². The predicted molar refractivity (Wildman–Crippen MR) is 59.3 cm³/mol.